The van der Waals surface area contributed by atoms with Crippen molar-refractivity contribution in [1.82, 2.24) is 0 Å². The summed E-state index contributed by atoms with van der Waals surface area (Å²) in [5, 5.41) is 1.95. The third kappa shape index (κ3) is 3.92. The van der Waals surface area contributed by atoms with E-state index in [9.17, 15) is 8.78 Å². The van der Waals surface area contributed by atoms with E-state index in [4.69, 9.17) is 4.74 Å². The van der Waals surface area contributed by atoms with Crippen molar-refractivity contribution in [2.45, 2.75) is 13.0 Å². The van der Waals surface area contributed by atoms with Gasteiger partial charge in [0.25, 0.3) is 6.43 Å². The Hall–Kier alpha value is -1.62. The van der Waals surface area contributed by atoms with Gasteiger partial charge in [0.05, 0.1) is 20.2 Å². The zero-order valence-corrected chi connectivity index (χ0v) is 11.4. The Labute approximate surface area is 115 Å². The van der Waals surface area contributed by atoms with E-state index in [2.05, 4.69) is 0 Å². The van der Waals surface area contributed by atoms with E-state index in [1.807, 2.05) is 17.5 Å². The van der Waals surface area contributed by atoms with Crippen molar-refractivity contribution in [3.8, 4) is 5.75 Å². The minimum absolute atomic E-state index is 0.274. The highest BCUT2D eigenvalue weighted by atomic mass is 32.1. The molecule has 0 aliphatic heterocycles. The molecule has 2 aromatic rings. The molecule has 0 unspecified atom stereocenters. The largest absolute Gasteiger partial charge is 0.497 e. The van der Waals surface area contributed by atoms with Crippen LogP contribution in [-0.2, 0) is 6.54 Å². The molecule has 0 N–H and O–H groups in total. The fourth-order valence-corrected chi connectivity index (χ4v) is 2.53. The first-order valence-corrected chi connectivity index (χ1v) is 6.76. The van der Waals surface area contributed by atoms with Gasteiger partial charge in [-0.2, -0.15) is 0 Å². The third-order valence-electron chi connectivity index (χ3n) is 2.72. The van der Waals surface area contributed by atoms with Crippen LogP contribution in [-0.4, -0.2) is 20.1 Å². The standard InChI is InChI=1S/C14H15F2NOS/c1-18-12-6-4-11(5-7-12)17(10-14(15)16)9-13-3-2-8-19-13/h2-8,14H,9-10H2,1H3. The second kappa shape index (κ2) is 6.52. The van der Waals surface area contributed by atoms with Crippen molar-refractivity contribution in [2.75, 3.05) is 18.6 Å². The normalized spacial score (nSPS) is 10.7. The highest BCUT2D eigenvalue weighted by Gasteiger charge is 2.14. The minimum Gasteiger partial charge on any atom is -0.497 e. The molecule has 0 saturated carbocycles. The van der Waals surface area contributed by atoms with Crippen molar-refractivity contribution in [2.24, 2.45) is 0 Å². The number of hydrogen-bond donors (Lipinski definition) is 0. The number of methoxy groups -OCH3 is 1. The van der Waals surface area contributed by atoms with Gasteiger partial charge in [-0.3, -0.25) is 0 Å². The van der Waals surface area contributed by atoms with Crippen LogP contribution in [0, 0.1) is 0 Å². The first kappa shape index (κ1) is 13.8. The molecule has 5 heteroatoms. The molecule has 0 fully saturated rings. The maximum absolute atomic E-state index is 12.7. The van der Waals surface area contributed by atoms with Crippen LogP contribution in [0.25, 0.3) is 0 Å². The van der Waals surface area contributed by atoms with E-state index in [1.54, 1.807) is 47.6 Å². The highest BCUT2D eigenvalue weighted by molar-refractivity contribution is 7.09. The van der Waals surface area contributed by atoms with Crippen LogP contribution in [0.2, 0.25) is 0 Å². The summed E-state index contributed by atoms with van der Waals surface area (Å²) >= 11 is 1.57. The lowest BCUT2D eigenvalue weighted by atomic mass is 10.2. The predicted octanol–water partition coefficient (Wildman–Crippen LogP) is 4.03. The van der Waals surface area contributed by atoms with E-state index in [0.717, 1.165) is 16.3 Å². The second-order valence-electron chi connectivity index (χ2n) is 4.05. The van der Waals surface area contributed by atoms with Crippen LogP contribution in [0.15, 0.2) is 41.8 Å². The predicted molar refractivity (Wildman–Crippen MR) is 74.4 cm³/mol. The summed E-state index contributed by atoms with van der Waals surface area (Å²) in [6.07, 6.45) is -2.36. The monoisotopic (exact) mass is 283 g/mol. The summed E-state index contributed by atoms with van der Waals surface area (Å²) in [7, 11) is 1.58. The molecule has 0 amide bonds. The van der Waals surface area contributed by atoms with Crippen molar-refractivity contribution < 1.29 is 13.5 Å². The third-order valence-corrected chi connectivity index (χ3v) is 3.58. The van der Waals surface area contributed by atoms with Crippen molar-refractivity contribution in [3.05, 3.63) is 46.7 Å². The number of rotatable bonds is 6. The van der Waals surface area contributed by atoms with Crippen molar-refractivity contribution >= 4 is 17.0 Å². The van der Waals surface area contributed by atoms with Crippen LogP contribution >= 0.6 is 11.3 Å². The lowest BCUT2D eigenvalue weighted by Crippen LogP contribution is -2.27. The molecule has 1 aromatic heterocycles. The van der Waals surface area contributed by atoms with E-state index in [0.29, 0.717) is 6.54 Å². The van der Waals surface area contributed by atoms with Crippen LogP contribution in [0.3, 0.4) is 0 Å². The number of benzene rings is 1. The summed E-state index contributed by atoms with van der Waals surface area (Å²) < 4.78 is 30.4. The van der Waals surface area contributed by atoms with E-state index < -0.39 is 6.43 Å². The molecule has 2 rings (SSSR count). The fourth-order valence-electron chi connectivity index (χ4n) is 1.81. The molecule has 102 valence electrons. The molecular weight excluding hydrogens is 268 g/mol. The van der Waals surface area contributed by atoms with Gasteiger partial charge in [-0.1, -0.05) is 6.07 Å². The Morgan fingerprint density at radius 1 is 1.21 bits per heavy atom. The number of ether oxygens (including phenoxy) is 1. The smallest absolute Gasteiger partial charge is 0.255 e. The van der Waals surface area contributed by atoms with Crippen LogP contribution in [0.4, 0.5) is 14.5 Å². The molecule has 0 bridgehead atoms. The van der Waals surface area contributed by atoms with Gasteiger partial charge in [-0.05, 0) is 35.7 Å². The quantitative estimate of drug-likeness (QED) is 0.793. The second-order valence-corrected chi connectivity index (χ2v) is 5.08. The van der Waals surface area contributed by atoms with Gasteiger partial charge in [0.2, 0.25) is 0 Å². The molecule has 0 atom stereocenters. The topological polar surface area (TPSA) is 12.5 Å². The van der Waals surface area contributed by atoms with E-state index >= 15 is 0 Å². The number of hydrogen-bond acceptors (Lipinski definition) is 3. The molecule has 1 heterocycles. The van der Waals surface area contributed by atoms with Crippen molar-refractivity contribution in [3.63, 3.8) is 0 Å². The molecular formula is C14H15F2NOS. The van der Waals surface area contributed by atoms with Gasteiger partial charge >= 0.3 is 0 Å². The van der Waals surface area contributed by atoms with Gasteiger partial charge in [0.1, 0.15) is 5.75 Å². The first-order chi connectivity index (χ1) is 9.19. The lowest BCUT2D eigenvalue weighted by molar-refractivity contribution is 0.154. The average molecular weight is 283 g/mol. The Balaban J connectivity index is 2.15. The Morgan fingerprint density at radius 2 is 1.95 bits per heavy atom. The van der Waals surface area contributed by atoms with E-state index in [-0.39, 0.29) is 6.54 Å². The number of thiophene rings is 1. The molecule has 0 spiro atoms. The molecule has 0 aliphatic carbocycles. The summed E-state index contributed by atoms with van der Waals surface area (Å²) in [6.45, 7) is 0.221. The molecule has 2 nitrogen and oxygen atoms in total. The van der Waals surface area contributed by atoms with Gasteiger partial charge in [0.15, 0.2) is 0 Å². The zero-order chi connectivity index (χ0) is 13.7. The fraction of sp³-hybridized carbons (Fsp3) is 0.286. The summed E-state index contributed by atoms with van der Waals surface area (Å²) in [4.78, 5) is 2.74. The summed E-state index contributed by atoms with van der Waals surface area (Å²) in [5.41, 5.74) is 0.773. The Bertz CT molecular complexity index is 485. The molecule has 0 aliphatic rings. The lowest BCUT2D eigenvalue weighted by Gasteiger charge is -2.24. The van der Waals surface area contributed by atoms with Gasteiger partial charge in [-0.15, -0.1) is 11.3 Å². The zero-order valence-electron chi connectivity index (χ0n) is 10.6. The number of halogens is 2. The molecule has 0 radical (unpaired) electrons. The average Bonchev–Trinajstić information content (AvgIpc) is 2.90. The Morgan fingerprint density at radius 3 is 2.47 bits per heavy atom. The minimum atomic E-state index is -2.36. The highest BCUT2D eigenvalue weighted by Crippen LogP contribution is 2.23. The SMILES string of the molecule is COc1ccc(N(Cc2cccs2)CC(F)F)cc1. The molecule has 0 saturated heterocycles. The summed E-state index contributed by atoms with van der Waals surface area (Å²) in [6, 6.07) is 11.0. The first-order valence-electron chi connectivity index (χ1n) is 5.88. The van der Waals surface area contributed by atoms with Gasteiger partial charge in [0, 0.05) is 10.6 Å². The van der Waals surface area contributed by atoms with E-state index in [1.165, 1.54) is 0 Å². The Kier molecular flexibility index (Phi) is 4.74. The maximum atomic E-state index is 12.7. The van der Waals surface area contributed by atoms with Gasteiger partial charge in [-0.25, -0.2) is 8.78 Å². The van der Waals surface area contributed by atoms with Gasteiger partial charge < -0.3 is 9.64 Å². The van der Waals surface area contributed by atoms with Crippen LogP contribution in [0.1, 0.15) is 4.88 Å². The number of alkyl halides is 2. The number of anilines is 1. The summed E-state index contributed by atoms with van der Waals surface area (Å²) in [5.74, 6) is 0.719. The van der Waals surface area contributed by atoms with Crippen molar-refractivity contribution in [1.29, 1.82) is 0 Å². The molecule has 19 heavy (non-hydrogen) atoms. The van der Waals surface area contributed by atoms with Crippen LogP contribution < -0.4 is 9.64 Å². The molecule has 1 aromatic carbocycles. The van der Waals surface area contributed by atoms with Crippen LogP contribution in [0.5, 0.6) is 5.75 Å². The number of nitrogens with zero attached hydrogens (tertiary/aromatic N) is 1. The maximum Gasteiger partial charge on any atom is 0.255 e.